The zero-order chi connectivity index (χ0) is 12.3. The van der Waals surface area contributed by atoms with Gasteiger partial charge in [0.1, 0.15) is 0 Å². The summed E-state index contributed by atoms with van der Waals surface area (Å²) in [6.45, 7) is 2.62. The minimum Gasteiger partial charge on any atom is -0.481 e. The summed E-state index contributed by atoms with van der Waals surface area (Å²) in [5.74, 6) is 1.10. The Balaban J connectivity index is 2.04. The van der Waals surface area contributed by atoms with Gasteiger partial charge in [0.05, 0.1) is 12.8 Å². The van der Waals surface area contributed by atoms with E-state index in [1.165, 1.54) is 0 Å². The highest BCUT2D eigenvalue weighted by Crippen LogP contribution is 2.10. The number of aryl methyl sites for hydroxylation is 2. The maximum atomic E-state index is 5.03. The third-order valence-electron chi connectivity index (χ3n) is 2.39. The maximum absolute atomic E-state index is 5.03. The van der Waals surface area contributed by atoms with Gasteiger partial charge in [-0.05, 0) is 6.92 Å². The largest absolute Gasteiger partial charge is 0.481 e. The Kier molecular flexibility index (Phi) is 3.22. The van der Waals surface area contributed by atoms with Crippen LogP contribution in [-0.2, 0) is 13.6 Å². The molecule has 0 aliphatic rings. The molecule has 0 unspecified atom stereocenters. The van der Waals surface area contributed by atoms with E-state index in [-0.39, 0.29) is 0 Å². The topological polar surface area (TPSA) is 64.9 Å². The molecular formula is C11H15N5O. The van der Waals surface area contributed by atoms with Gasteiger partial charge in [-0.25, -0.2) is 4.98 Å². The molecule has 90 valence electrons. The number of anilines is 1. The second-order valence-electron chi connectivity index (χ2n) is 3.69. The summed E-state index contributed by atoms with van der Waals surface area (Å²) in [5, 5.41) is 7.40. The minimum atomic E-state index is 0.547. The van der Waals surface area contributed by atoms with Gasteiger partial charge < -0.3 is 10.1 Å². The third kappa shape index (κ3) is 2.72. The van der Waals surface area contributed by atoms with Crippen molar-refractivity contribution in [3.8, 4) is 5.88 Å². The Labute approximate surface area is 99.7 Å². The maximum Gasteiger partial charge on any atom is 0.226 e. The van der Waals surface area contributed by atoms with Crippen LogP contribution in [0.3, 0.4) is 0 Å². The number of aromatic nitrogens is 4. The van der Waals surface area contributed by atoms with Gasteiger partial charge in [-0.15, -0.1) is 0 Å². The molecule has 0 bridgehead atoms. The fraction of sp³-hybridized carbons (Fsp3) is 0.364. The van der Waals surface area contributed by atoms with Gasteiger partial charge >= 0.3 is 0 Å². The number of nitrogens with zero attached hydrogens (tertiary/aromatic N) is 4. The first kappa shape index (κ1) is 11.4. The molecule has 6 heteroatoms. The first-order chi connectivity index (χ1) is 8.19. The zero-order valence-electron chi connectivity index (χ0n) is 10.1. The summed E-state index contributed by atoms with van der Waals surface area (Å²) in [4.78, 5) is 8.28. The second-order valence-corrected chi connectivity index (χ2v) is 3.69. The molecule has 0 aromatic carbocycles. The van der Waals surface area contributed by atoms with Gasteiger partial charge in [0.2, 0.25) is 11.8 Å². The predicted octanol–water partition coefficient (Wildman–Crippen LogP) is 1.14. The highest BCUT2D eigenvalue weighted by molar-refractivity contribution is 5.30. The lowest BCUT2D eigenvalue weighted by molar-refractivity contribution is 0.397. The molecule has 0 aliphatic heterocycles. The van der Waals surface area contributed by atoms with Gasteiger partial charge in [-0.2, -0.15) is 10.1 Å². The molecule has 17 heavy (non-hydrogen) atoms. The number of hydrogen-bond acceptors (Lipinski definition) is 5. The first-order valence-electron chi connectivity index (χ1n) is 5.29. The number of ether oxygens (including phenoxy) is 1. The van der Waals surface area contributed by atoms with Crippen molar-refractivity contribution in [1.82, 2.24) is 19.7 Å². The smallest absolute Gasteiger partial charge is 0.226 e. The molecule has 2 heterocycles. The van der Waals surface area contributed by atoms with Crippen LogP contribution in [0.2, 0.25) is 0 Å². The van der Waals surface area contributed by atoms with E-state index in [0.717, 1.165) is 11.3 Å². The van der Waals surface area contributed by atoms with Gasteiger partial charge in [0.25, 0.3) is 0 Å². The lowest BCUT2D eigenvalue weighted by atomic mass is 10.3. The van der Waals surface area contributed by atoms with Gasteiger partial charge in [0.15, 0.2) is 0 Å². The summed E-state index contributed by atoms with van der Waals surface area (Å²) in [6, 6.07) is 1.71. The monoisotopic (exact) mass is 233 g/mol. The van der Waals surface area contributed by atoms with E-state index < -0.39 is 0 Å². The summed E-state index contributed by atoms with van der Waals surface area (Å²) in [7, 11) is 3.48. The van der Waals surface area contributed by atoms with E-state index in [9.17, 15) is 0 Å². The Hall–Kier alpha value is -2.11. The SMILES string of the molecule is COc1ccnc(NCc2cn(C)nc2C)n1. The number of methoxy groups -OCH3 is 1. The van der Waals surface area contributed by atoms with Crippen molar-refractivity contribution in [3.63, 3.8) is 0 Å². The fourth-order valence-electron chi connectivity index (χ4n) is 1.54. The molecule has 0 aliphatic carbocycles. The third-order valence-corrected chi connectivity index (χ3v) is 2.39. The van der Waals surface area contributed by atoms with E-state index in [1.807, 2.05) is 20.2 Å². The van der Waals surface area contributed by atoms with Crippen LogP contribution in [0.25, 0.3) is 0 Å². The second kappa shape index (κ2) is 4.82. The number of rotatable bonds is 4. The molecule has 2 aromatic rings. The van der Waals surface area contributed by atoms with Gasteiger partial charge in [-0.1, -0.05) is 0 Å². The molecule has 0 saturated carbocycles. The van der Waals surface area contributed by atoms with Crippen LogP contribution >= 0.6 is 0 Å². The highest BCUT2D eigenvalue weighted by atomic mass is 16.5. The molecule has 0 atom stereocenters. The Bertz CT molecular complexity index is 508. The van der Waals surface area contributed by atoms with Crippen LogP contribution in [0.15, 0.2) is 18.5 Å². The van der Waals surface area contributed by atoms with E-state index in [4.69, 9.17) is 4.74 Å². The molecule has 0 spiro atoms. The summed E-state index contributed by atoms with van der Waals surface area (Å²) >= 11 is 0. The lowest BCUT2D eigenvalue weighted by Crippen LogP contribution is -2.04. The van der Waals surface area contributed by atoms with E-state index in [2.05, 4.69) is 20.4 Å². The average Bonchev–Trinajstić information content (AvgIpc) is 2.65. The normalized spacial score (nSPS) is 10.3. The van der Waals surface area contributed by atoms with Crippen LogP contribution in [0, 0.1) is 6.92 Å². The lowest BCUT2D eigenvalue weighted by Gasteiger charge is -2.04. The number of nitrogens with one attached hydrogen (secondary N) is 1. The van der Waals surface area contributed by atoms with E-state index >= 15 is 0 Å². The van der Waals surface area contributed by atoms with Crippen LogP contribution in [0.5, 0.6) is 5.88 Å². The van der Waals surface area contributed by atoms with Crippen molar-refractivity contribution in [2.45, 2.75) is 13.5 Å². The van der Waals surface area contributed by atoms with Gasteiger partial charge in [0, 0.05) is 37.6 Å². The molecular weight excluding hydrogens is 218 g/mol. The Morgan fingerprint density at radius 1 is 1.47 bits per heavy atom. The summed E-state index contributed by atoms with van der Waals surface area (Å²) in [5.41, 5.74) is 2.13. The molecule has 2 aromatic heterocycles. The van der Waals surface area contributed by atoms with Crippen molar-refractivity contribution in [2.75, 3.05) is 12.4 Å². The standard InChI is InChI=1S/C11H15N5O/c1-8-9(7-16(2)15-8)6-13-11-12-5-4-10(14-11)17-3/h4-5,7H,6H2,1-3H3,(H,12,13,14). The summed E-state index contributed by atoms with van der Waals surface area (Å²) < 4.78 is 6.82. The van der Waals surface area contributed by atoms with Gasteiger partial charge in [-0.3, -0.25) is 4.68 Å². The highest BCUT2D eigenvalue weighted by Gasteiger charge is 2.04. The van der Waals surface area contributed by atoms with Crippen LogP contribution in [-0.4, -0.2) is 26.9 Å². The molecule has 0 saturated heterocycles. The molecule has 6 nitrogen and oxygen atoms in total. The Morgan fingerprint density at radius 3 is 2.94 bits per heavy atom. The molecule has 2 rings (SSSR count). The van der Waals surface area contributed by atoms with Crippen molar-refractivity contribution >= 4 is 5.95 Å². The quantitative estimate of drug-likeness (QED) is 0.857. The Morgan fingerprint density at radius 2 is 2.29 bits per heavy atom. The van der Waals surface area contributed by atoms with Crippen molar-refractivity contribution in [2.24, 2.45) is 7.05 Å². The van der Waals surface area contributed by atoms with Crippen molar-refractivity contribution < 1.29 is 4.74 Å². The molecule has 1 N–H and O–H groups in total. The number of hydrogen-bond donors (Lipinski definition) is 1. The first-order valence-corrected chi connectivity index (χ1v) is 5.29. The summed E-state index contributed by atoms with van der Waals surface area (Å²) in [6.07, 6.45) is 3.63. The zero-order valence-corrected chi connectivity index (χ0v) is 10.1. The van der Waals surface area contributed by atoms with Crippen LogP contribution in [0.4, 0.5) is 5.95 Å². The average molecular weight is 233 g/mol. The van der Waals surface area contributed by atoms with Crippen molar-refractivity contribution in [1.29, 1.82) is 0 Å². The van der Waals surface area contributed by atoms with E-state index in [1.54, 1.807) is 24.1 Å². The van der Waals surface area contributed by atoms with Crippen molar-refractivity contribution in [3.05, 3.63) is 29.7 Å². The van der Waals surface area contributed by atoms with Crippen LogP contribution in [0.1, 0.15) is 11.3 Å². The predicted molar refractivity (Wildman–Crippen MR) is 63.9 cm³/mol. The molecule has 0 radical (unpaired) electrons. The fourth-order valence-corrected chi connectivity index (χ4v) is 1.54. The van der Waals surface area contributed by atoms with Crippen LogP contribution < -0.4 is 10.1 Å². The van der Waals surface area contributed by atoms with E-state index in [0.29, 0.717) is 18.4 Å². The minimum absolute atomic E-state index is 0.547. The molecule has 0 amide bonds. The molecule has 0 fully saturated rings.